The highest BCUT2D eigenvalue weighted by Crippen LogP contribution is 2.27. The Morgan fingerprint density at radius 3 is 3.00 bits per heavy atom. The van der Waals surface area contributed by atoms with E-state index in [1.807, 2.05) is 0 Å². The highest BCUT2D eigenvalue weighted by molar-refractivity contribution is 6.31. The predicted octanol–water partition coefficient (Wildman–Crippen LogP) is 3.39. The maximum absolute atomic E-state index is 11.3. The Balaban J connectivity index is 2.44. The van der Waals surface area contributed by atoms with E-state index in [-0.39, 0.29) is 16.8 Å². The monoisotopic (exact) mass is 237 g/mol. The molecule has 3 nitrogen and oxygen atoms in total. The first-order valence-electron chi connectivity index (χ1n) is 5.11. The normalized spacial score (nSPS) is 11.0. The lowest BCUT2D eigenvalue weighted by atomic mass is 10.3. The molecule has 16 heavy (non-hydrogen) atoms. The number of hydrogen-bond acceptors (Lipinski definition) is 3. The zero-order valence-electron chi connectivity index (χ0n) is 9.49. The fourth-order valence-electron chi connectivity index (χ4n) is 1.20. The van der Waals surface area contributed by atoms with Crippen LogP contribution in [0.3, 0.4) is 0 Å². The van der Waals surface area contributed by atoms with Crippen LogP contribution in [0.5, 0.6) is 11.5 Å². The van der Waals surface area contributed by atoms with E-state index in [9.17, 15) is 4.79 Å². The van der Waals surface area contributed by atoms with Crippen LogP contribution >= 0.6 is 11.6 Å². The number of ether oxygens (including phenoxy) is 1. The summed E-state index contributed by atoms with van der Waals surface area (Å²) in [5, 5.41) is -0.126. The van der Waals surface area contributed by atoms with Crippen LogP contribution in [0.15, 0.2) is 45.6 Å². The van der Waals surface area contributed by atoms with Gasteiger partial charge in [0.05, 0.1) is 1.37 Å². The summed E-state index contributed by atoms with van der Waals surface area (Å²) in [5.41, 5.74) is -0.649. The molecule has 0 radical (unpaired) electrons. The van der Waals surface area contributed by atoms with Crippen LogP contribution in [0, 0.1) is 6.92 Å². The third kappa shape index (κ3) is 2.25. The Kier molecular flexibility index (Phi) is 2.61. The average molecular weight is 238 g/mol. The molecule has 0 aliphatic rings. The van der Waals surface area contributed by atoms with Crippen molar-refractivity contribution in [2.45, 2.75) is 6.92 Å². The molecule has 1 heterocycles. The van der Waals surface area contributed by atoms with Gasteiger partial charge in [-0.1, -0.05) is 29.8 Å². The van der Waals surface area contributed by atoms with E-state index in [1.165, 1.54) is 6.07 Å². The Hall–Kier alpha value is -1.74. The highest BCUT2D eigenvalue weighted by Gasteiger charge is 2.09. The van der Waals surface area contributed by atoms with E-state index < -0.39 is 5.63 Å². The number of hydrogen-bond donors (Lipinski definition) is 0. The van der Waals surface area contributed by atoms with Crippen LogP contribution in [0.4, 0.5) is 0 Å². The molecule has 0 unspecified atom stereocenters. The minimum atomic E-state index is -0.649. The molecule has 0 N–H and O–H groups in total. The highest BCUT2D eigenvalue weighted by atomic mass is 35.5. The molecule has 0 saturated heterocycles. The predicted molar refractivity (Wildman–Crippen MR) is 61.2 cm³/mol. The lowest BCUT2D eigenvalue weighted by Gasteiger charge is -2.06. The van der Waals surface area contributed by atoms with Gasteiger partial charge in [0.15, 0.2) is 10.8 Å². The Morgan fingerprint density at radius 2 is 2.25 bits per heavy atom. The van der Waals surface area contributed by atoms with Crippen molar-refractivity contribution in [2.24, 2.45) is 0 Å². The summed E-state index contributed by atoms with van der Waals surface area (Å²) < 4.78 is 17.9. The minimum Gasteiger partial charge on any atom is -0.455 e. The minimum absolute atomic E-state index is 0.126. The van der Waals surface area contributed by atoms with Crippen molar-refractivity contribution in [1.82, 2.24) is 0 Å². The number of rotatable bonds is 2. The largest absolute Gasteiger partial charge is 0.455 e. The van der Waals surface area contributed by atoms with Gasteiger partial charge < -0.3 is 9.15 Å². The smallest absolute Gasteiger partial charge is 0.358 e. The van der Waals surface area contributed by atoms with Gasteiger partial charge in [-0.15, -0.1) is 0 Å². The molecule has 0 saturated carbocycles. The summed E-state index contributed by atoms with van der Waals surface area (Å²) in [7, 11) is 0. The third-order valence-electron chi connectivity index (χ3n) is 1.88. The van der Waals surface area contributed by atoms with Crippen LogP contribution in [-0.4, -0.2) is 0 Å². The second-order valence-electron chi connectivity index (χ2n) is 3.15. The first-order chi connectivity index (χ1) is 8.08. The molecule has 1 aromatic carbocycles. The lowest BCUT2D eigenvalue weighted by Crippen LogP contribution is -2.02. The molecular weight excluding hydrogens is 228 g/mol. The SMILES string of the molecule is [2H]c1ccccc1Oc1cc(C)oc(=O)c1Cl. The molecule has 0 aliphatic carbocycles. The molecule has 4 heteroatoms. The summed E-state index contributed by atoms with van der Waals surface area (Å²) >= 11 is 5.77. The van der Waals surface area contributed by atoms with E-state index in [4.69, 9.17) is 22.1 Å². The van der Waals surface area contributed by atoms with Crippen LogP contribution in [-0.2, 0) is 0 Å². The van der Waals surface area contributed by atoms with Crippen molar-refractivity contribution in [3.8, 4) is 11.5 Å². The first kappa shape index (κ1) is 9.48. The zero-order chi connectivity index (χ0) is 12.4. The van der Waals surface area contributed by atoms with Gasteiger partial charge in [-0.05, 0) is 19.0 Å². The van der Waals surface area contributed by atoms with Crippen molar-refractivity contribution >= 4 is 11.6 Å². The average Bonchev–Trinajstić information content (AvgIpc) is 2.28. The van der Waals surface area contributed by atoms with Gasteiger partial charge >= 0.3 is 5.63 Å². The van der Waals surface area contributed by atoms with Gasteiger partial charge in [0.2, 0.25) is 0 Å². The van der Waals surface area contributed by atoms with E-state index in [2.05, 4.69) is 0 Å². The number of para-hydroxylation sites is 1. The number of benzene rings is 1. The molecule has 0 amide bonds. The summed E-state index contributed by atoms with van der Waals surface area (Å²) in [6.45, 7) is 1.62. The standard InChI is InChI=1S/C12H9ClO3/c1-8-7-10(11(13)12(14)15-8)16-9-5-3-2-4-6-9/h2-7H,1H3/i5D. The van der Waals surface area contributed by atoms with E-state index in [0.717, 1.165) is 0 Å². The molecular formula is C12H9ClO3. The second kappa shape index (κ2) is 4.41. The quantitative estimate of drug-likeness (QED) is 0.804. The van der Waals surface area contributed by atoms with E-state index >= 15 is 0 Å². The van der Waals surface area contributed by atoms with Crippen molar-refractivity contribution < 1.29 is 10.5 Å². The second-order valence-corrected chi connectivity index (χ2v) is 3.53. The summed E-state index contributed by atoms with van der Waals surface area (Å²) in [4.78, 5) is 11.3. The van der Waals surface area contributed by atoms with E-state index in [0.29, 0.717) is 11.5 Å². The van der Waals surface area contributed by atoms with Gasteiger partial charge in [-0.25, -0.2) is 4.79 Å². The number of halogens is 1. The zero-order valence-corrected chi connectivity index (χ0v) is 9.25. The Morgan fingerprint density at radius 1 is 1.44 bits per heavy atom. The van der Waals surface area contributed by atoms with E-state index in [1.54, 1.807) is 31.2 Å². The molecule has 0 spiro atoms. The van der Waals surface area contributed by atoms with Crippen molar-refractivity contribution in [2.75, 3.05) is 0 Å². The van der Waals surface area contributed by atoms with Crippen molar-refractivity contribution in [3.63, 3.8) is 0 Å². The molecule has 1 aromatic heterocycles. The summed E-state index contributed by atoms with van der Waals surface area (Å²) in [6.07, 6.45) is 0. The Labute approximate surface area is 98.6 Å². The van der Waals surface area contributed by atoms with Gasteiger partial charge in [0.1, 0.15) is 11.5 Å². The molecule has 0 bridgehead atoms. The number of aryl methyl sites for hydroxylation is 1. The molecule has 2 rings (SSSR count). The van der Waals surface area contributed by atoms with Gasteiger partial charge in [-0.2, -0.15) is 0 Å². The van der Waals surface area contributed by atoms with Crippen LogP contribution < -0.4 is 10.4 Å². The fraction of sp³-hybridized carbons (Fsp3) is 0.0833. The summed E-state index contributed by atoms with van der Waals surface area (Å²) in [5.74, 6) is 0.927. The summed E-state index contributed by atoms with van der Waals surface area (Å²) in [6, 6.07) is 8.40. The van der Waals surface area contributed by atoms with Crippen molar-refractivity contribution in [3.05, 3.63) is 57.6 Å². The fourth-order valence-corrected chi connectivity index (χ4v) is 1.33. The molecule has 2 aromatic rings. The van der Waals surface area contributed by atoms with Crippen molar-refractivity contribution in [1.29, 1.82) is 0 Å². The van der Waals surface area contributed by atoms with Gasteiger partial charge in [-0.3, -0.25) is 0 Å². The first-order valence-corrected chi connectivity index (χ1v) is 4.99. The Bertz CT molecular complexity index is 607. The molecule has 0 aliphatic heterocycles. The van der Waals surface area contributed by atoms with Crippen LogP contribution in [0.1, 0.15) is 7.13 Å². The molecule has 0 fully saturated rings. The van der Waals surface area contributed by atoms with Gasteiger partial charge in [0, 0.05) is 6.07 Å². The van der Waals surface area contributed by atoms with Gasteiger partial charge in [0.25, 0.3) is 0 Å². The topological polar surface area (TPSA) is 39.4 Å². The maximum Gasteiger partial charge on any atom is 0.358 e. The van der Waals surface area contributed by atoms with Crippen LogP contribution in [0.25, 0.3) is 0 Å². The molecule has 82 valence electrons. The molecule has 0 atom stereocenters. The van der Waals surface area contributed by atoms with Crippen LogP contribution in [0.2, 0.25) is 5.02 Å². The third-order valence-corrected chi connectivity index (χ3v) is 2.22. The maximum atomic E-state index is 11.3. The lowest BCUT2D eigenvalue weighted by molar-refractivity contribution is 0.441.